The minimum atomic E-state index is 0.800. The standard InChI is InChI=1S/C14H14N2/c1-16-13-8-3-2-6-11(13)12-7-4-5-10(9-15)14(12)16/h4-5,7H,2-3,6,8H2,1H3. The van der Waals surface area contributed by atoms with Crippen molar-refractivity contribution in [2.75, 3.05) is 0 Å². The summed E-state index contributed by atoms with van der Waals surface area (Å²) < 4.78 is 2.22. The second kappa shape index (κ2) is 3.38. The van der Waals surface area contributed by atoms with Gasteiger partial charge in [0.05, 0.1) is 11.1 Å². The number of hydrogen-bond acceptors (Lipinski definition) is 1. The fraction of sp³-hybridized carbons (Fsp3) is 0.357. The lowest BCUT2D eigenvalue weighted by molar-refractivity contribution is 0.653. The van der Waals surface area contributed by atoms with Crippen LogP contribution in [0.3, 0.4) is 0 Å². The van der Waals surface area contributed by atoms with E-state index in [2.05, 4.69) is 23.8 Å². The van der Waals surface area contributed by atoms with Crippen LogP contribution in [-0.2, 0) is 19.9 Å². The molecule has 0 amide bonds. The summed E-state index contributed by atoms with van der Waals surface area (Å²) in [5.41, 5.74) is 4.83. The van der Waals surface area contributed by atoms with E-state index in [1.54, 1.807) is 0 Å². The number of para-hydroxylation sites is 1. The van der Waals surface area contributed by atoms with Gasteiger partial charge in [-0.25, -0.2) is 0 Å². The van der Waals surface area contributed by atoms with Gasteiger partial charge in [-0.15, -0.1) is 0 Å². The SMILES string of the molecule is Cn1c2c(c3cccc(C#N)c31)CCCC2. The topological polar surface area (TPSA) is 28.7 Å². The van der Waals surface area contributed by atoms with Gasteiger partial charge in [0.25, 0.3) is 0 Å². The van der Waals surface area contributed by atoms with Crippen LogP contribution in [0, 0.1) is 11.3 Å². The van der Waals surface area contributed by atoms with E-state index in [-0.39, 0.29) is 0 Å². The molecular formula is C14H14N2. The van der Waals surface area contributed by atoms with Gasteiger partial charge in [-0.1, -0.05) is 12.1 Å². The molecule has 2 aromatic rings. The average molecular weight is 210 g/mol. The van der Waals surface area contributed by atoms with E-state index >= 15 is 0 Å². The first-order valence-corrected chi connectivity index (χ1v) is 5.82. The van der Waals surface area contributed by atoms with E-state index in [1.807, 2.05) is 12.1 Å². The lowest BCUT2D eigenvalue weighted by Crippen LogP contribution is -2.05. The Hall–Kier alpha value is -1.75. The number of nitriles is 1. The molecule has 0 radical (unpaired) electrons. The number of fused-ring (bicyclic) bond motifs is 3. The van der Waals surface area contributed by atoms with Crippen molar-refractivity contribution in [2.45, 2.75) is 25.7 Å². The van der Waals surface area contributed by atoms with Gasteiger partial charge in [0, 0.05) is 18.1 Å². The number of aromatic nitrogens is 1. The summed E-state index contributed by atoms with van der Waals surface area (Å²) in [7, 11) is 2.09. The van der Waals surface area contributed by atoms with Gasteiger partial charge in [-0.2, -0.15) is 5.26 Å². The lowest BCUT2D eigenvalue weighted by Gasteiger charge is -2.12. The molecule has 80 valence electrons. The van der Waals surface area contributed by atoms with Crippen molar-refractivity contribution in [3.63, 3.8) is 0 Å². The summed E-state index contributed by atoms with van der Waals surface area (Å²) in [5, 5.41) is 10.4. The predicted octanol–water partition coefficient (Wildman–Crippen LogP) is 2.93. The Balaban J connectivity index is 2.45. The summed E-state index contributed by atoms with van der Waals surface area (Å²) in [4.78, 5) is 0. The van der Waals surface area contributed by atoms with E-state index in [4.69, 9.17) is 5.26 Å². The van der Waals surface area contributed by atoms with Crippen molar-refractivity contribution in [1.82, 2.24) is 4.57 Å². The van der Waals surface area contributed by atoms with E-state index in [0.717, 1.165) is 17.5 Å². The number of benzene rings is 1. The van der Waals surface area contributed by atoms with Crippen molar-refractivity contribution in [1.29, 1.82) is 5.26 Å². The van der Waals surface area contributed by atoms with Crippen LogP contribution in [0.5, 0.6) is 0 Å². The number of aryl methyl sites for hydroxylation is 2. The van der Waals surface area contributed by atoms with Gasteiger partial charge < -0.3 is 4.57 Å². The van der Waals surface area contributed by atoms with E-state index in [0.29, 0.717) is 0 Å². The minimum absolute atomic E-state index is 0.800. The molecule has 16 heavy (non-hydrogen) atoms. The van der Waals surface area contributed by atoms with Crippen molar-refractivity contribution < 1.29 is 0 Å². The molecule has 1 aromatic heterocycles. The predicted molar refractivity (Wildman–Crippen MR) is 64.3 cm³/mol. The molecule has 0 spiro atoms. The Kier molecular flexibility index (Phi) is 2.00. The molecule has 0 saturated heterocycles. The highest BCUT2D eigenvalue weighted by Crippen LogP contribution is 2.32. The summed E-state index contributed by atoms with van der Waals surface area (Å²) in [6.45, 7) is 0. The zero-order chi connectivity index (χ0) is 11.1. The maximum Gasteiger partial charge on any atom is 0.101 e. The highest BCUT2D eigenvalue weighted by molar-refractivity contribution is 5.90. The highest BCUT2D eigenvalue weighted by Gasteiger charge is 2.19. The molecule has 0 atom stereocenters. The van der Waals surface area contributed by atoms with Gasteiger partial charge in [0.15, 0.2) is 0 Å². The van der Waals surface area contributed by atoms with Crippen LogP contribution in [-0.4, -0.2) is 4.57 Å². The molecule has 2 nitrogen and oxygen atoms in total. The fourth-order valence-corrected chi connectivity index (χ4v) is 2.92. The highest BCUT2D eigenvalue weighted by atomic mass is 15.0. The Morgan fingerprint density at radius 1 is 1.25 bits per heavy atom. The first-order valence-electron chi connectivity index (χ1n) is 5.82. The maximum absolute atomic E-state index is 9.16. The molecule has 1 aliphatic rings. The smallest absolute Gasteiger partial charge is 0.101 e. The summed E-state index contributed by atoms with van der Waals surface area (Å²) in [6.07, 6.45) is 4.88. The molecule has 0 unspecified atom stereocenters. The monoisotopic (exact) mass is 210 g/mol. The molecule has 0 fully saturated rings. The molecule has 0 bridgehead atoms. The molecule has 0 aliphatic heterocycles. The quantitative estimate of drug-likeness (QED) is 0.657. The van der Waals surface area contributed by atoms with Crippen LogP contribution in [0.25, 0.3) is 10.9 Å². The number of nitrogens with zero attached hydrogens (tertiary/aromatic N) is 2. The Morgan fingerprint density at radius 2 is 2.06 bits per heavy atom. The first kappa shape index (κ1) is 9.47. The van der Waals surface area contributed by atoms with Gasteiger partial charge in [-0.3, -0.25) is 0 Å². The van der Waals surface area contributed by atoms with Crippen LogP contribution in [0.4, 0.5) is 0 Å². The summed E-state index contributed by atoms with van der Waals surface area (Å²) in [5.74, 6) is 0. The second-order valence-electron chi connectivity index (χ2n) is 4.50. The Morgan fingerprint density at radius 3 is 2.88 bits per heavy atom. The minimum Gasteiger partial charge on any atom is -0.346 e. The fourth-order valence-electron chi connectivity index (χ4n) is 2.92. The average Bonchev–Trinajstić information content (AvgIpc) is 2.64. The van der Waals surface area contributed by atoms with Gasteiger partial charge in [0.1, 0.15) is 6.07 Å². The van der Waals surface area contributed by atoms with Crippen LogP contribution < -0.4 is 0 Å². The molecular weight excluding hydrogens is 196 g/mol. The number of hydrogen-bond donors (Lipinski definition) is 0. The lowest BCUT2D eigenvalue weighted by atomic mass is 9.95. The van der Waals surface area contributed by atoms with E-state index in [9.17, 15) is 0 Å². The summed E-state index contributed by atoms with van der Waals surface area (Å²) in [6, 6.07) is 8.36. The molecule has 1 aliphatic carbocycles. The van der Waals surface area contributed by atoms with Gasteiger partial charge in [0.2, 0.25) is 0 Å². The molecule has 1 heterocycles. The van der Waals surface area contributed by atoms with Crippen molar-refractivity contribution >= 4 is 10.9 Å². The third-order valence-electron chi connectivity index (χ3n) is 3.66. The van der Waals surface area contributed by atoms with Crippen LogP contribution in [0.2, 0.25) is 0 Å². The zero-order valence-electron chi connectivity index (χ0n) is 9.45. The molecule has 2 heteroatoms. The normalized spacial score (nSPS) is 14.8. The van der Waals surface area contributed by atoms with E-state index in [1.165, 1.54) is 35.9 Å². The Bertz CT molecular complexity index is 599. The zero-order valence-corrected chi connectivity index (χ0v) is 9.45. The number of rotatable bonds is 0. The Labute approximate surface area is 95.1 Å². The van der Waals surface area contributed by atoms with Crippen molar-refractivity contribution in [3.05, 3.63) is 35.0 Å². The molecule has 0 N–H and O–H groups in total. The van der Waals surface area contributed by atoms with Crippen LogP contribution in [0.15, 0.2) is 18.2 Å². The third kappa shape index (κ3) is 1.12. The first-order chi connectivity index (χ1) is 7.83. The summed E-state index contributed by atoms with van der Waals surface area (Å²) >= 11 is 0. The van der Waals surface area contributed by atoms with Crippen molar-refractivity contribution in [3.8, 4) is 6.07 Å². The van der Waals surface area contributed by atoms with Gasteiger partial charge in [-0.05, 0) is 37.3 Å². The van der Waals surface area contributed by atoms with Gasteiger partial charge >= 0.3 is 0 Å². The third-order valence-corrected chi connectivity index (χ3v) is 3.66. The van der Waals surface area contributed by atoms with Crippen LogP contribution >= 0.6 is 0 Å². The molecule has 3 rings (SSSR count). The molecule has 0 saturated carbocycles. The second-order valence-corrected chi connectivity index (χ2v) is 4.50. The maximum atomic E-state index is 9.16. The largest absolute Gasteiger partial charge is 0.346 e. The molecule has 1 aromatic carbocycles. The van der Waals surface area contributed by atoms with E-state index < -0.39 is 0 Å². The van der Waals surface area contributed by atoms with Crippen molar-refractivity contribution in [2.24, 2.45) is 7.05 Å². The van der Waals surface area contributed by atoms with Crippen LogP contribution in [0.1, 0.15) is 29.7 Å².